The molecule has 3 rings (SSSR count). The summed E-state index contributed by atoms with van der Waals surface area (Å²) in [5, 5.41) is 4.78. The third-order valence-electron chi connectivity index (χ3n) is 3.08. The minimum absolute atomic E-state index is 0.106. The summed E-state index contributed by atoms with van der Waals surface area (Å²) < 4.78 is 1.89. The van der Waals surface area contributed by atoms with Gasteiger partial charge in [0.25, 0.3) is 5.91 Å². The first kappa shape index (κ1) is 11.9. The number of carbonyl (C=O) groups is 1. The number of fused-ring (bicyclic) bond motifs is 1. The predicted octanol–water partition coefficient (Wildman–Crippen LogP) is 3.20. The number of aryl methyl sites for hydroxylation is 2. The molecule has 0 bridgehead atoms. The molecule has 0 aliphatic heterocycles. The Kier molecular flexibility index (Phi) is 2.83. The van der Waals surface area contributed by atoms with Crippen LogP contribution in [0.1, 0.15) is 15.2 Å². The maximum absolute atomic E-state index is 12.2. The molecule has 19 heavy (non-hydrogen) atoms. The molecule has 96 valence electrons. The summed E-state index contributed by atoms with van der Waals surface area (Å²) in [4.78, 5) is 17.3. The fraction of sp³-hybridized carbons (Fsp3) is 0.143. The number of hydrogen-bond donors (Lipinski definition) is 1. The molecule has 2 aromatic heterocycles. The molecule has 1 aromatic carbocycles. The molecule has 0 radical (unpaired) electrons. The third-order valence-corrected chi connectivity index (χ3v) is 4.10. The van der Waals surface area contributed by atoms with Crippen molar-refractivity contribution >= 4 is 34.2 Å². The van der Waals surface area contributed by atoms with Gasteiger partial charge in [0, 0.05) is 7.05 Å². The largest absolute Gasteiger partial charge is 0.313 e. The number of aromatic nitrogens is 2. The first-order valence-electron chi connectivity index (χ1n) is 5.93. The first-order chi connectivity index (χ1) is 9.16. The molecule has 4 nitrogen and oxygen atoms in total. The van der Waals surface area contributed by atoms with Crippen LogP contribution in [0.25, 0.3) is 11.0 Å². The molecule has 1 N–H and O–H groups in total. The molecule has 3 aromatic rings. The Bertz CT molecular complexity index is 757. The van der Waals surface area contributed by atoms with Crippen molar-refractivity contribution < 1.29 is 4.79 Å². The lowest BCUT2D eigenvalue weighted by Gasteiger charge is -2.04. The Hall–Kier alpha value is -2.14. The van der Waals surface area contributed by atoms with E-state index in [-0.39, 0.29) is 5.91 Å². The van der Waals surface area contributed by atoms with E-state index in [0.29, 0.717) is 5.95 Å². The average molecular weight is 271 g/mol. The van der Waals surface area contributed by atoms with Crippen LogP contribution in [-0.2, 0) is 7.05 Å². The molecular weight excluding hydrogens is 258 g/mol. The Morgan fingerprint density at radius 3 is 2.79 bits per heavy atom. The Morgan fingerprint density at radius 2 is 2.11 bits per heavy atom. The second-order valence-corrected chi connectivity index (χ2v) is 5.29. The lowest BCUT2D eigenvalue weighted by Crippen LogP contribution is -2.14. The number of carbonyl (C=O) groups excluding carboxylic acids is 1. The van der Waals surface area contributed by atoms with E-state index in [4.69, 9.17) is 0 Å². The van der Waals surface area contributed by atoms with E-state index < -0.39 is 0 Å². The number of benzene rings is 1. The van der Waals surface area contributed by atoms with Gasteiger partial charge < -0.3 is 4.57 Å². The summed E-state index contributed by atoms with van der Waals surface area (Å²) in [5.41, 5.74) is 2.87. The quantitative estimate of drug-likeness (QED) is 0.778. The third kappa shape index (κ3) is 2.02. The van der Waals surface area contributed by atoms with Crippen LogP contribution in [-0.4, -0.2) is 15.5 Å². The van der Waals surface area contributed by atoms with E-state index in [1.807, 2.05) is 54.3 Å². The predicted molar refractivity (Wildman–Crippen MR) is 77.7 cm³/mol. The highest BCUT2D eigenvalue weighted by Gasteiger charge is 2.14. The van der Waals surface area contributed by atoms with Gasteiger partial charge in [-0.15, -0.1) is 11.3 Å². The van der Waals surface area contributed by atoms with Crippen molar-refractivity contribution in [1.82, 2.24) is 9.55 Å². The fourth-order valence-electron chi connectivity index (χ4n) is 2.02. The number of hydrogen-bond acceptors (Lipinski definition) is 3. The minimum atomic E-state index is -0.106. The van der Waals surface area contributed by atoms with Crippen molar-refractivity contribution in [2.45, 2.75) is 6.92 Å². The van der Waals surface area contributed by atoms with Gasteiger partial charge in [-0.2, -0.15) is 0 Å². The highest BCUT2D eigenvalue weighted by molar-refractivity contribution is 7.12. The van der Waals surface area contributed by atoms with Crippen molar-refractivity contribution in [2.24, 2.45) is 7.05 Å². The molecule has 0 unspecified atom stereocenters. The Labute approximate surface area is 114 Å². The molecule has 5 heteroatoms. The van der Waals surface area contributed by atoms with Crippen molar-refractivity contribution in [2.75, 3.05) is 5.32 Å². The molecule has 0 saturated heterocycles. The normalized spacial score (nSPS) is 10.8. The van der Waals surface area contributed by atoms with Crippen LogP contribution in [0.5, 0.6) is 0 Å². The van der Waals surface area contributed by atoms with Crippen LogP contribution in [0.2, 0.25) is 0 Å². The standard InChI is InChI=1S/C14H13N3OS/c1-9-7-8-19-12(9)13(18)16-14-15-10-5-3-4-6-11(10)17(14)2/h3-8H,1-2H3,(H,15,16,18). The van der Waals surface area contributed by atoms with Gasteiger partial charge in [-0.1, -0.05) is 12.1 Å². The van der Waals surface area contributed by atoms with Crippen LogP contribution in [0.15, 0.2) is 35.7 Å². The van der Waals surface area contributed by atoms with Crippen LogP contribution in [0, 0.1) is 6.92 Å². The van der Waals surface area contributed by atoms with Gasteiger partial charge in [-0.3, -0.25) is 10.1 Å². The van der Waals surface area contributed by atoms with Gasteiger partial charge in [-0.05, 0) is 36.1 Å². The summed E-state index contributed by atoms with van der Waals surface area (Å²) in [5.74, 6) is 0.463. The number of para-hydroxylation sites is 2. The van der Waals surface area contributed by atoms with Crippen molar-refractivity contribution in [3.8, 4) is 0 Å². The van der Waals surface area contributed by atoms with E-state index in [1.54, 1.807) is 0 Å². The highest BCUT2D eigenvalue weighted by atomic mass is 32.1. The van der Waals surface area contributed by atoms with Crippen molar-refractivity contribution in [3.63, 3.8) is 0 Å². The lowest BCUT2D eigenvalue weighted by molar-refractivity contribution is 0.102. The SMILES string of the molecule is Cc1ccsc1C(=O)Nc1nc2ccccc2n1C. The Balaban J connectivity index is 1.96. The molecule has 0 atom stereocenters. The average Bonchev–Trinajstić information content (AvgIpc) is 2.95. The van der Waals surface area contributed by atoms with Crippen LogP contribution in [0.3, 0.4) is 0 Å². The zero-order chi connectivity index (χ0) is 13.4. The van der Waals surface area contributed by atoms with E-state index >= 15 is 0 Å². The fourth-order valence-corrected chi connectivity index (χ4v) is 2.84. The number of rotatable bonds is 2. The van der Waals surface area contributed by atoms with Gasteiger partial charge in [0.15, 0.2) is 0 Å². The van der Waals surface area contributed by atoms with Gasteiger partial charge >= 0.3 is 0 Å². The highest BCUT2D eigenvalue weighted by Crippen LogP contribution is 2.20. The molecule has 0 fully saturated rings. The number of nitrogens with zero attached hydrogens (tertiary/aromatic N) is 2. The minimum Gasteiger partial charge on any atom is -0.313 e. The number of thiophene rings is 1. The zero-order valence-electron chi connectivity index (χ0n) is 10.7. The van der Waals surface area contributed by atoms with E-state index in [0.717, 1.165) is 21.5 Å². The smallest absolute Gasteiger partial charge is 0.268 e. The van der Waals surface area contributed by atoms with Crippen LogP contribution >= 0.6 is 11.3 Å². The van der Waals surface area contributed by atoms with Gasteiger partial charge in [0.05, 0.1) is 15.9 Å². The summed E-state index contributed by atoms with van der Waals surface area (Å²) in [6.45, 7) is 1.93. The first-order valence-corrected chi connectivity index (χ1v) is 6.81. The number of nitrogens with one attached hydrogen (secondary N) is 1. The second-order valence-electron chi connectivity index (χ2n) is 4.37. The molecular formula is C14H13N3OS. The monoisotopic (exact) mass is 271 g/mol. The number of anilines is 1. The maximum atomic E-state index is 12.2. The summed E-state index contributed by atoms with van der Waals surface area (Å²) in [7, 11) is 1.90. The van der Waals surface area contributed by atoms with Crippen LogP contribution in [0.4, 0.5) is 5.95 Å². The van der Waals surface area contributed by atoms with Gasteiger partial charge in [0.1, 0.15) is 0 Å². The summed E-state index contributed by atoms with van der Waals surface area (Å²) in [6.07, 6.45) is 0. The van der Waals surface area contributed by atoms with E-state index in [2.05, 4.69) is 10.3 Å². The molecule has 0 aliphatic carbocycles. The maximum Gasteiger partial charge on any atom is 0.268 e. The van der Waals surface area contributed by atoms with Gasteiger partial charge in [0.2, 0.25) is 5.95 Å². The second kappa shape index (κ2) is 4.51. The van der Waals surface area contributed by atoms with Gasteiger partial charge in [-0.25, -0.2) is 4.98 Å². The Morgan fingerprint density at radius 1 is 1.32 bits per heavy atom. The molecule has 1 amide bonds. The van der Waals surface area contributed by atoms with Crippen molar-refractivity contribution in [3.05, 3.63) is 46.2 Å². The van der Waals surface area contributed by atoms with E-state index in [9.17, 15) is 4.79 Å². The molecule has 0 aliphatic rings. The number of amides is 1. The van der Waals surface area contributed by atoms with Crippen molar-refractivity contribution in [1.29, 1.82) is 0 Å². The summed E-state index contributed by atoms with van der Waals surface area (Å²) >= 11 is 1.44. The lowest BCUT2D eigenvalue weighted by atomic mass is 10.3. The topological polar surface area (TPSA) is 46.9 Å². The number of imidazole rings is 1. The van der Waals surface area contributed by atoms with E-state index in [1.165, 1.54) is 11.3 Å². The molecule has 2 heterocycles. The summed E-state index contributed by atoms with van der Waals surface area (Å²) in [6, 6.07) is 9.74. The van der Waals surface area contributed by atoms with Crippen LogP contribution < -0.4 is 5.32 Å². The molecule has 0 saturated carbocycles. The zero-order valence-corrected chi connectivity index (χ0v) is 11.5. The molecule has 0 spiro atoms.